The lowest BCUT2D eigenvalue weighted by Gasteiger charge is -2.32. The van der Waals surface area contributed by atoms with Gasteiger partial charge in [-0.05, 0) is 44.5 Å². The first-order valence-corrected chi connectivity index (χ1v) is 8.53. The van der Waals surface area contributed by atoms with Crippen LogP contribution in [-0.2, 0) is 6.54 Å². The molecule has 2 saturated heterocycles. The van der Waals surface area contributed by atoms with Crippen LogP contribution in [0.25, 0.3) is 0 Å². The van der Waals surface area contributed by atoms with Crippen molar-refractivity contribution in [3.8, 4) is 5.75 Å². The molecule has 1 atom stereocenters. The Morgan fingerprint density at radius 1 is 1.10 bits per heavy atom. The second-order valence-corrected chi connectivity index (χ2v) is 6.92. The Morgan fingerprint density at radius 2 is 1.86 bits per heavy atom. The summed E-state index contributed by atoms with van der Waals surface area (Å²) >= 11 is 12.4. The summed E-state index contributed by atoms with van der Waals surface area (Å²) in [6.07, 6.45) is 5.26. The molecule has 116 valence electrons. The molecular formula is C16H22Cl2N2O. The molecule has 0 amide bonds. The number of piperidine rings is 1. The molecule has 3 rings (SSSR count). The van der Waals surface area contributed by atoms with Crippen molar-refractivity contribution >= 4 is 23.2 Å². The molecule has 0 aromatic heterocycles. The van der Waals surface area contributed by atoms with Crippen molar-refractivity contribution in [3.63, 3.8) is 0 Å². The SMILES string of the molecule is Oc1ccc(Cl)c(CN2CC[C@H](N3CCCCC3)C2)c1Cl. The first kappa shape index (κ1) is 15.4. The second kappa shape index (κ2) is 6.74. The Morgan fingerprint density at radius 3 is 2.62 bits per heavy atom. The van der Waals surface area contributed by atoms with E-state index in [0.29, 0.717) is 16.1 Å². The molecule has 0 saturated carbocycles. The highest BCUT2D eigenvalue weighted by Crippen LogP contribution is 2.34. The van der Waals surface area contributed by atoms with Gasteiger partial charge in [0.1, 0.15) is 5.75 Å². The molecule has 1 N–H and O–H groups in total. The minimum atomic E-state index is 0.114. The summed E-state index contributed by atoms with van der Waals surface area (Å²) in [5, 5.41) is 10.8. The molecule has 0 spiro atoms. The van der Waals surface area contributed by atoms with Crippen LogP contribution in [0.2, 0.25) is 10.0 Å². The molecule has 1 aromatic carbocycles. The van der Waals surface area contributed by atoms with Crippen LogP contribution >= 0.6 is 23.2 Å². The maximum absolute atomic E-state index is 9.74. The number of phenols is 1. The average Bonchev–Trinajstić information content (AvgIpc) is 2.97. The number of likely N-dealkylation sites (tertiary alicyclic amines) is 2. The zero-order valence-corrected chi connectivity index (χ0v) is 13.7. The smallest absolute Gasteiger partial charge is 0.134 e. The third-order valence-electron chi connectivity index (χ3n) is 4.70. The van der Waals surface area contributed by atoms with E-state index in [4.69, 9.17) is 23.2 Å². The number of rotatable bonds is 3. The van der Waals surface area contributed by atoms with Crippen LogP contribution in [0.4, 0.5) is 0 Å². The minimum absolute atomic E-state index is 0.114. The van der Waals surface area contributed by atoms with Crippen molar-refractivity contribution in [2.75, 3.05) is 26.2 Å². The molecule has 2 aliphatic heterocycles. The molecule has 0 aliphatic carbocycles. The van der Waals surface area contributed by atoms with Gasteiger partial charge in [0.2, 0.25) is 0 Å². The molecule has 2 heterocycles. The van der Waals surface area contributed by atoms with E-state index in [2.05, 4.69) is 9.80 Å². The van der Waals surface area contributed by atoms with Crippen LogP contribution in [0.1, 0.15) is 31.2 Å². The normalized spacial score (nSPS) is 24.6. The number of nitrogens with zero attached hydrogens (tertiary/aromatic N) is 2. The van der Waals surface area contributed by atoms with Gasteiger partial charge in [0.05, 0.1) is 5.02 Å². The zero-order chi connectivity index (χ0) is 14.8. The van der Waals surface area contributed by atoms with Crippen LogP contribution in [-0.4, -0.2) is 47.1 Å². The Kier molecular flexibility index (Phi) is 4.95. The van der Waals surface area contributed by atoms with E-state index in [9.17, 15) is 5.11 Å². The summed E-state index contributed by atoms with van der Waals surface area (Å²) in [4.78, 5) is 5.03. The quantitative estimate of drug-likeness (QED) is 0.915. The van der Waals surface area contributed by atoms with Gasteiger partial charge in [-0.2, -0.15) is 0 Å². The number of halogens is 2. The lowest BCUT2D eigenvalue weighted by molar-refractivity contribution is 0.161. The monoisotopic (exact) mass is 328 g/mol. The van der Waals surface area contributed by atoms with Crippen LogP contribution in [0, 0.1) is 0 Å². The number of hydrogen-bond acceptors (Lipinski definition) is 3. The van der Waals surface area contributed by atoms with Gasteiger partial charge in [0, 0.05) is 36.3 Å². The van der Waals surface area contributed by atoms with Crippen molar-refractivity contribution in [2.24, 2.45) is 0 Å². The highest BCUT2D eigenvalue weighted by Gasteiger charge is 2.29. The number of benzene rings is 1. The number of hydrogen-bond donors (Lipinski definition) is 1. The second-order valence-electron chi connectivity index (χ2n) is 6.13. The van der Waals surface area contributed by atoms with Gasteiger partial charge in [-0.1, -0.05) is 29.6 Å². The highest BCUT2D eigenvalue weighted by molar-refractivity contribution is 6.36. The van der Waals surface area contributed by atoms with E-state index >= 15 is 0 Å². The molecule has 0 radical (unpaired) electrons. The van der Waals surface area contributed by atoms with Crippen molar-refractivity contribution < 1.29 is 5.11 Å². The lowest BCUT2D eigenvalue weighted by atomic mass is 10.1. The van der Waals surface area contributed by atoms with Gasteiger partial charge in [-0.3, -0.25) is 9.80 Å². The van der Waals surface area contributed by atoms with Crippen molar-refractivity contribution in [1.82, 2.24) is 9.80 Å². The van der Waals surface area contributed by atoms with E-state index in [1.165, 1.54) is 38.8 Å². The van der Waals surface area contributed by atoms with Gasteiger partial charge >= 0.3 is 0 Å². The summed E-state index contributed by atoms with van der Waals surface area (Å²) in [5.74, 6) is 0.114. The molecule has 3 nitrogen and oxygen atoms in total. The Bertz CT molecular complexity index is 503. The maximum Gasteiger partial charge on any atom is 0.134 e. The number of aromatic hydroxyl groups is 1. The van der Waals surface area contributed by atoms with Gasteiger partial charge in [0.15, 0.2) is 0 Å². The molecule has 5 heteroatoms. The first-order chi connectivity index (χ1) is 10.1. The summed E-state index contributed by atoms with van der Waals surface area (Å²) in [6, 6.07) is 3.94. The molecule has 0 bridgehead atoms. The predicted molar refractivity (Wildman–Crippen MR) is 87.2 cm³/mol. The Hall–Kier alpha value is -0.480. The summed E-state index contributed by atoms with van der Waals surface area (Å²) in [5.41, 5.74) is 0.845. The van der Waals surface area contributed by atoms with Gasteiger partial charge in [-0.25, -0.2) is 0 Å². The lowest BCUT2D eigenvalue weighted by Crippen LogP contribution is -2.40. The molecule has 2 fully saturated rings. The highest BCUT2D eigenvalue weighted by atomic mass is 35.5. The standard InChI is InChI=1S/C16H22Cl2N2O/c17-14-4-5-15(21)16(18)13(14)11-19-9-6-12(10-19)20-7-2-1-3-8-20/h4-5,12,21H,1-3,6-11H2/t12-/m0/s1. The average molecular weight is 329 g/mol. The van der Waals surface area contributed by atoms with E-state index in [1.54, 1.807) is 12.1 Å². The van der Waals surface area contributed by atoms with E-state index in [0.717, 1.165) is 25.2 Å². The minimum Gasteiger partial charge on any atom is -0.506 e. The molecule has 1 aromatic rings. The topological polar surface area (TPSA) is 26.7 Å². The van der Waals surface area contributed by atoms with Crippen molar-refractivity contribution in [3.05, 3.63) is 27.7 Å². The van der Waals surface area contributed by atoms with Crippen LogP contribution in [0.15, 0.2) is 12.1 Å². The van der Waals surface area contributed by atoms with Crippen molar-refractivity contribution in [2.45, 2.75) is 38.3 Å². The fourth-order valence-electron chi connectivity index (χ4n) is 3.49. The third kappa shape index (κ3) is 3.48. The fraction of sp³-hybridized carbons (Fsp3) is 0.625. The van der Waals surface area contributed by atoms with Crippen LogP contribution < -0.4 is 0 Å². The molecule has 2 aliphatic rings. The van der Waals surface area contributed by atoms with E-state index in [1.807, 2.05) is 0 Å². The first-order valence-electron chi connectivity index (χ1n) is 7.77. The van der Waals surface area contributed by atoms with Gasteiger partial charge in [-0.15, -0.1) is 0 Å². The zero-order valence-electron chi connectivity index (χ0n) is 12.2. The number of phenolic OH excluding ortho intramolecular Hbond substituents is 1. The van der Waals surface area contributed by atoms with Gasteiger partial charge in [0.25, 0.3) is 0 Å². The molecular weight excluding hydrogens is 307 g/mol. The molecule has 0 unspecified atom stereocenters. The third-order valence-corrected chi connectivity index (χ3v) is 5.48. The van der Waals surface area contributed by atoms with Crippen LogP contribution in [0.5, 0.6) is 5.75 Å². The van der Waals surface area contributed by atoms with Crippen molar-refractivity contribution in [1.29, 1.82) is 0 Å². The van der Waals surface area contributed by atoms with Gasteiger partial charge < -0.3 is 5.11 Å². The summed E-state index contributed by atoms with van der Waals surface area (Å²) in [6.45, 7) is 5.35. The summed E-state index contributed by atoms with van der Waals surface area (Å²) < 4.78 is 0. The van der Waals surface area contributed by atoms with Crippen LogP contribution in [0.3, 0.4) is 0 Å². The van der Waals surface area contributed by atoms with E-state index < -0.39 is 0 Å². The summed E-state index contributed by atoms with van der Waals surface area (Å²) in [7, 11) is 0. The Balaban J connectivity index is 1.63. The molecule has 21 heavy (non-hydrogen) atoms. The largest absolute Gasteiger partial charge is 0.506 e. The fourth-order valence-corrected chi connectivity index (χ4v) is 3.98. The van der Waals surface area contributed by atoms with E-state index in [-0.39, 0.29) is 5.75 Å². The Labute approximate surface area is 136 Å². The predicted octanol–water partition coefficient (Wildman–Crippen LogP) is 3.76. The maximum atomic E-state index is 9.74.